The number of benzene rings is 1. The molecule has 1 aromatic carbocycles. The predicted molar refractivity (Wildman–Crippen MR) is 74.9 cm³/mol. The maximum atomic E-state index is 13.6. The molecule has 5 heteroatoms. The van der Waals surface area contributed by atoms with Crippen LogP contribution in [0.15, 0.2) is 18.2 Å². The van der Waals surface area contributed by atoms with Crippen LogP contribution >= 0.6 is 12.2 Å². The second-order valence-electron chi connectivity index (χ2n) is 4.55. The van der Waals surface area contributed by atoms with Crippen LogP contribution in [0.25, 0.3) is 0 Å². The summed E-state index contributed by atoms with van der Waals surface area (Å²) in [6.45, 7) is 5.72. The van der Waals surface area contributed by atoms with Gasteiger partial charge in [-0.1, -0.05) is 39.1 Å². The van der Waals surface area contributed by atoms with Gasteiger partial charge >= 0.3 is 0 Å². The number of carbonyl (C=O) groups excluding carboxylic acids is 1. The van der Waals surface area contributed by atoms with Crippen molar-refractivity contribution in [1.29, 1.82) is 0 Å². The average molecular weight is 268 g/mol. The standard InChI is InChI=1S/C13H17FN2OS/c1-7(2)8(3)13(17)16-10-6-4-5-9(14)11(10)12(15)18/h4-8H,1-3H3,(H2,15,18)(H,16,17). The zero-order chi connectivity index (χ0) is 13.9. The Balaban J connectivity index is 3.02. The number of rotatable bonds is 4. The van der Waals surface area contributed by atoms with Crippen molar-refractivity contribution >= 4 is 28.8 Å². The van der Waals surface area contributed by atoms with Gasteiger partial charge in [-0.3, -0.25) is 4.79 Å². The van der Waals surface area contributed by atoms with E-state index in [4.69, 9.17) is 18.0 Å². The van der Waals surface area contributed by atoms with E-state index in [1.807, 2.05) is 20.8 Å². The molecule has 18 heavy (non-hydrogen) atoms. The molecule has 1 amide bonds. The topological polar surface area (TPSA) is 55.1 Å². The van der Waals surface area contributed by atoms with Crippen molar-refractivity contribution in [1.82, 2.24) is 0 Å². The Morgan fingerprint density at radius 1 is 1.39 bits per heavy atom. The zero-order valence-corrected chi connectivity index (χ0v) is 11.5. The van der Waals surface area contributed by atoms with Gasteiger partial charge in [0.1, 0.15) is 10.8 Å². The van der Waals surface area contributed by atoms with Crippen LogP contribution in [-0.4, -0.2) is 10.9 Å². The van der Waals surface area contributed by atoms with E-state index in [0.717, 1.165) is 0 Å². The van der Waals surface area contributed by atoms with Crippen LogP contribution in [-0.2, 0) is 4.79 Å². The van der Waals surface area contributed by atoms with E-state index in [0.29, 0.717) is 5.69 Å². The van der Waals surface area contributed by atoms with Crippen LogP contribution in [0.2, 0.25) is 0 Å². The number of thiocarbonyl (C=S) groups is 1. The molecule has 0 aliphatic carbocycles. The molecule has 0 aliphatic rings. The van der Waals surface area contributed by atoms with Gasteiger partial charge in [0.2, 0.25) is 5.91 Å². The third-order valence-corrected chi connectivity index (χ3v) is 3.14. The molecule has 1 aromatic rings. The molecule has 1 atom stereocenters. The number of carbonyl (C=O) groups is 1. The molecule has 98 valence electrons. The highest BCUT2D eigenvalue weighted by atomic mass is 32.1. The fraction of sp³-hybridized carbons (Fsp3) is 0.385. The molecule has 3 N–H and O–H groups in total. The van der Waals surface area contributed by atoms with Gasteiger partial charge in [-0.15, -0.1) is 0 Å². The summed E-state index contributed by atoms with van der Waals surface area (Å²) in [7, 11) is 0. The van der Waals surface area contributed by atoms with Gasteiger partial charge in [0.15, 0.2) is 0 Å². The highest BCUT2D eigenvalue weighted by Gasteiger charge is 2.19. The van der Waals surface area contributed by atoms with E-state index >= 15 is 0 Å². The zero-order valence-electron chi connectivity index (χ0n) is 10.7. The number of anilines is 1. The van der Waals surface area contributed by atoms with Crippen LogP contribution in [0.4, 0.5) is 10.1 Å². The molecule has 1 rings (SSSR count). The average Bonchev–Trinajstić information content (AvgIpc) is 2.27. The summed E-state index contributed by atoms with van der Waals surface area (Å²) in [6.07, 6.45) is 0. The number of halogens is 1. The lowest BCUT2D eigenvalue weighted by Crippen LogP contribution is -2.26. The minimum Gasteiger partial charge on any atom is -0.389 e. The molecule has 0 saturated heterocycles. The molecule has 3 nitrogen and oxygen atoms in total. The van der Waals surface area contributed by atoms with Gasteiger partial charge in [0.25, 0.3) is 0 Å². The van der Waals surface area contributed by atoms with Crippen molar-refractivity contribution in [3.05, 3.63) is 29.6 Å². The van der Waals surface area contributed by atoms with E-state index in [2.05, 4.69) is 5.32 Å². The second-order valence-corrected chi connectivity index (χ2v) is 4.99. The number of hydrogen-bond donors (Lipinski definition) is 2. The normalized spacial score (nSPS) is 12.3. The summed E-state index contributed by atoms with van der Waals surface area (Å²) in [4.78, 5) is 11.9. The first-order chi connectivity index (χ1) is 8.34. The minimum absolute atomic E-state index is 0.0689. The molecule has 0 radical (unpaired) electrons. The van der Waals surface area contributed by atoms with Crippen molar-refractivity contribution in [2.75, 3.05) is 5.32 Å². The predicted octanol–water partition coefficient (Wildman–Crippen LogP) is 2.69. The number of amides is 1. The van der Waals surface area contributed by atoms with E-state index in [1.165, 1.54) is 12.1 Å². The number of nitrogens with one attached hydrogen (secondary N) is 1. The summed E-state index contributed by atoms with van der Waals surface area (Å²) < 4.78 is 13.6. The monoisotopic (exact) mass is 268 g/mol. The Morgan fingerprint density at radius 2 is 2.00 bits per heavy atom. The smallest absolute Gasteiger partial charge is 0.227 e. The highest BCUT2D eigenvalue weighted by Crippen LogP contribution is 2.21. The van der Waals surface area contributed by atoms with Crippen molar-refractivity contribution in [3.63, 3.8) is 0 Å². The van der Waals surface area contributed by atoms with Crippen LogP contribution in [0.1, 0.15) is 26.3 Å². The lowest BCUT2D eigenvalue weighted by atomic mass is 9.97. The third-order valence-electron chi connectivity index (χ3n) is 2.93. The fourth-order valence-electron chi connectivity index (χ4n) is 1.43. The molecule has 0 bridgehead atoms. The van der Waals surface area contributed by atoms with Crippen LogP contribution < -0.4 is 11.1 Å². The largest absolute Gasteiger partial charge is 0.389 e. The molecule has 0 saturated carbocycles. The molecule has 0 heterocycles. The van der Waals surface area contributed by atoms with Gasteiger partial charge in [0, 0.05) is 5.92 Å². The van der Waals surface area contributed by atoms with Gasteiger partial charge in [-0.05, 0) is 18.1 Å². The van der Waals surface area contributed by atoms with Crippen molar-refractivity contribution in [2.24, 2.45) is 17.6 Å². The van der Waals surface area contributed by atoms with E-state index in [9.17, 15) is 9.18 Å². The lowest BCUT2D eigenvalue weighted by Gasteiger charge is -2.17. The molecule has 0 spiro atoms. The van der Waals surface area contributed by atoms with Crippen molar-refractivity contribution < 1.29 is 9.18 Å². The maximum Gasteiger partial charge on any atom is 0.227 e. The SMILES string of the molecule is CC(C)C(C)C(=O)Nc1cccc(F)c1C(N)=S. The summed E-state index contributed by atoms with van der Waals surface area (Å²) in [5.74, 6) is -0.676. The molecule has 0 fully saturated rings. The molecule has 0 aliphatic heterocycles. The summed E-state index contributed by atoms with van der Waals surface area (Å²) in [5.41, 5.74) is 5.87. The highest BCUT2D eigenvalue weighted by molar-refractivity contribution is 7.80. The van der Waals surface area contributed by atoms with E-state index < -0.39 is 5.82 Å². The van der Waals surface area contributed by atoms with Crippen LogP contribution in [0.3, 0.4) is 0 Å². The Morgan fingerprint density at radius 3 is 2.50 bits per heavy atom. The summed E-state index contributed by atoms with van der Waals surface area (Å²) in [5, 5.41) is 2.67. The summed E-state index contributed by atoms with van der Waals surface area (Å²) >= 11 is 4.79. The van der Waals surface area contributed by atoms with Crippen molar-refractivity contribution in [3.8, 4) is 0 Å². The lowest BCUT2D eigenvalue weighted by molar-refractivity contribution is -0.120. The van der Waals surface area contributed by atoms with Gasteiger partial charge in [0.05, 0.1) is 11.3 Å². The third kappa shape index (κ3) is 3.26. The van der Waals surface area contributed by atoms with Crippen molar-refractivity contribution in [2.45, 2.75) is 20.8 Å². The van der Waals surface area contributed by atoms with Crippen LogP contribution in [0.5, 0.6) is 0 Å². The first kappa shape index (κ1) is 14.6. The molecule has 1 unspecified atom stereocenters. The second kappa shape index (κ2) is 5.91. The number of hydrogen-bond acceptors (Lipinski definition) is 2. The first-order valence-corrected chi connectivity index (χ1v) is 6.14. The van der Waals surface area contributed by atoms with Gasteiger partial charge in [-0.2, -0.15) is 0 Å². The van der Waals surface area contributed by atoms with E-state index in [-0.39, 0.29) is 28.3 Å². The Hall–Kier alpha value is -1.49. The quantitative estimate of drug-likeness (QED) is 0.825. The molecular weight excluding hydrogens is 251 g/mol. The fourth-order valence-corrected chi connectivity index (χ4v) is 1.64. The van der Waals surface area contributed by atoms with Crippen LogP contribution in [0, 0.1) is 17.7 Å². The van der Waals surface area contributed by atoms with Gasteiger partial charge in [-0.25, -0.2) is 4.39 Å². The Kier molecular flexibility index (Phi) is 4.78. The molecule has 0 aromatic heterocycles. The number of nitrogens with two attached hydrogens (primary N) is 1. The maximum absolute atomic E-state index is 13.6. The Labute approximate surface area is 112 Å². The van der Waals surface area contributed by atoms with Gasteiger partial charge < -0.3 is 11.1 Å². The Bertz CT molecular complexity index is 474. The molecular formula is C13H17FN2OS. The summed E-state index contributed by atoms with van der Waals surface area (Å²) in [6, 6.07) is 4.35. The first-order valence-electron chi connectivity index (χ1n) is 5.73. The minimum atomic E-state index is -0.530. The van der Waals surface area contributed by atoms with E-state index in [1.54, 1.807) is 6.07 Å².